The third kappa shape index (κ3) is 6.09. The number of carboxylic acid groups (broad SMARTS) is 1. The van der Waals surface area contributed by atoms with Gasteiger partial charge in [0.15, 0.2) is 5.78 Å². The third-order valence-corrected chi connectivity index (χ3v) is 5.50. The quantitative estimate of drug-likeness (QED) is 0.301. The molecule has 0 aliphatic heterocycles. The number of benzene rings is 1. The molecule has 3 rings (SSSR count). The van der Waals surface area contributed by atoms with Crippen molar-refractivity contribution in [3.8, 4) is 6.07 Å². The predicted octanol–water partition coefficient (Wildman–Crippen LogP) is 6.06. The molecule has 0 fully saturated rings. The zero-order valence-corrected chi connectivity index (χ0v) is 19.7. The zero-order valence-electron chi connectivity index (χ0n) is 18.9. The summed E-state index contributed by atoms with van der Waals surface area (Å²) in [5.74, 6) is -1.44. The number of Topliss-reactive ketones (excluding diaryl/α,β-unsaturated/α-hetero) is 1. The summed E-state index contributed by atoms with van der Waals surface area (Å²) in [5, 5.41) is 19.6. The summed E-state index contributed by atoms with van der Waals surface area (Å²) in [6, 6.07) is 11.2. The normalized spacial score (nSPS) is 12.6. The second-order valence-electron chi connectivity index (χ2n) is 8.01. The SMILES string of the molecule is C[C@H](CC(=O)O)CC(=O)c1c(/C=C/C=C/C=C/c2cccc(Cl)c2)n(C)c2ncc(C#N)cc12. The summed E-state index contributed by atoms with van der Waals surface area (Å²) in [5.41, 5.74) is 3.01. The molecule has 2 heterocycles. The monoisotopic (exact) mass is 473 g/mol. The Kier molecular flexibility index (Phi) is 8.18. The van der Waals surface area contributed by atoms with Gasteiger partial charge in [0.2, 0.25) is 0 Å². The molecule has 0 aliphatic carbocycles. The van der Waals surface area contributed by atoms with Crippen molar-refractivity contribution in [2.24, 2.45) is 13.0 Å². The van der Waals surface area contributed by atoms with Crippen LogP contribution in [-0.4, -0.2) is 26.4 Å². The summed E-state index contributed by atoms with van der Waals surface area (Å²) in [6.45, 7) is 1.74. The van der Waals surface area contributed by atoms with Crippen LogP contribution in [-0.2, 0) is 11.8 Å². The molecule has 0 saturated carbocycles. The van der Waals surface area contributed by atoms with Crippen molar-refractivity contribution in [1.82, 2.24) is 9.55 Å². The van der Waals surface area contributed by atoms with E-state index in [-0.39, 0.29) is 24.5 Å². The highest BCUT2D eigenvalue weighted by atomic mass is 35.5. The lowest BCUT2D eigenvalue weighted by molar-refractivity contribution is -0.137. The molecule has 1 N–H and O–H groups in total. The molecule has 0 spiro atoms. The van der Waals surface area contributed by atoms with Crippen LogP contribution in [0.1, 0.15) is 46.9 Å². The van der Waals surface area contributed by atoms with Gasteiger partial charge in [0.1, 0.15) is 11.7 Å². The van der Waals surface area contributed by atoms with Gasteiger partial charge >= 0.3 is 5.97 Å². The lowest BCUT2D eigenvalue weighted by Crippen LogP contribution is -2.11. The maximum atomic E-state index is 13.2. The van der Waals surface area contributed by atoms with Crippen LogP contribution < -0.4 is 0 Å². The van der Waals surface area contributed by atoms with Crippen molar-refractivity contribution in [2.75, 3.05) is 0 Å². The number of aryl methyl sites for hydroxylation is 1. The maximum absolute atomic E-state index is 13.2. The van der Waals surface area contributed by atoms with Gasteiger partial charge in [-0.25, -0.2) is 4.98 Å². The Bertz CT molecular complexity index is 1360. The third-order valence-electron chi connectivity index (χ3n) is 5.26. The van der Waals surface area contributed by atoms with E-state index < -0.39 is 5.97 Å². The van der Waals surface area contributed by atoms with Crippen molar-refractivity contribution in [3.63, 3.8) is 0 Å². The lowest BCUT2D eigenvalue weighted by atomic mass is 9.95. The van der Waals surface area contributed by atoms with E-state index in [2.05, 4.69) is 11.1 Å². The Balaban J connectivity index is 1.91. The molecule has 0 amide bonds. The minimum atomic E-state index is -0.942. The highest BCUT2D eigenvalue weighted by molar-refractivity contribution is 6.30. The minimum absolute atomic E-state index is 0.0846. The van der Waals surface area contributed by atoms with Crippen molar-refractivity contribution in [2.45, 2.75) is 19.8 Å². The zero-order chi connectivity index (χ0) is 24.7. The van der Waals surface area contributed by atoms with Gasteiger partial charge in [-0.05, 0) is 35.8 Å². The number of aromatic nitrogens is 2. The van der Waals surface area contributed by atoms with Gasteiger partial charge in [0.25, 0.3) is 0 Å². The number of carboxylic acids is 1. The van der Waals surface area contributed by atoms with Gasteiger partial charge < -0.3 is 9.67 Å². The van der Waals surface area contributed by atoms with Crippen LogP contribution in [0, 0.1) is 17.2 Å². The molecule has 7 heteroatoms. The van der Waals surface area contributed by atoms with Gasteiger partial charge in [0.05, 0.1) is 16.8 Å². The average Bonchev–Trinajstić information content (AvgIpc) is 3.06. The number of allylic oxidation sites excluding steroid dienone is 4. The van der Waals surface area contributed by atoms with E-state index in [9.17, 15) is 14.9 Å². The molecule has 0 saturated heterocycles. The van der Waals surface area contributed by atoms with Crippen LogP contribution in [0.5, 0.6) is 0 Å². The first-order valence-corrected chi connectivity index (χ1v) is 11.1. The molecule has 3 aromatic rings. The van der Waals surface area contributed by atoms with Crippen LogP contribution in [0.15, 0.2) is 60.8 Å². The van der Waals surface area contributed by atoms with Gasteiger partial charge in [-0.2, -0.15) is 5.26 Å². The molecule has 0 radical (unpaired) electrons. The number of carbonyl (C=O) groups excluding carboxylic acids is 1. The predicted molar refractivity (Wildman–Crippen MR) is 134 cm³/mol. The minimum Gasteiger partial charge on any atom is -0.481 e. The Hall–Kier alpha value is -3.95. The number of halogens is 1. The summed E-state index contributed by atoms with van der Waals surface area (Å²) in [6.07, 6.45) is 12.6. The number of nitriles is 1. The van der Waals surface area contributed by atoms with E-state index in [1.165, 1.54) is 6.20 Å². The molecule has 0 unspecified atom stereocenters. The van der Waals surface area contributed by atoms with Crippen LogP contribution >= 0.6 is 11.6 Å². The van der Waals surface area contributed by atoms with E-state index >= 15 is 0 Å². The largest absolute Gasteiger partial charge is 0.481 e. The summed E-state index contributed by atoms with van der Waals surface area (Å²) in [7, 11) is 1.81. The maximum Gasteiger partial charge on any atom is 0.303 e. The molecule has 1 aromatic carbocycles. The first kappa shape index (κ1) is 24.7. The number of ketones is 1. The number of nitrogens with zero attached hydrogens (tertiary/aromatic N) is 3. The fraction of sp³-hybridized carbons (Fsp3) is 0.185. The first-order chi connectivity index (χ1) is 16.3. The molecular weight excluding hydrogens is 450 g/mol. The standard InChI is InChI=1S/C27H24ClN3O3/c1-18(13-25(33)34)12-24(32)26-22-15-20(16-29)17-30-27(22)31(2)23(26)11-6-4-3-5-8-19-9-7-10-21(28)14-19/h3-11,14-15,17-18H,12-13H2,1-2H3,(H,33,34)/b4-3+,8-5+,11-6+/t18-/m0/s1. The number of hydrogen-bond acceptors (Lipinski definition) is 4. The van der Waals surface area contributed by atoms with Crippen molar-refractivity contribution < 1.29 is 14.7 Å². The second kappa shape index (κ2) is 11.3. The van der Waals surface area contributed by atoms with Crippen molar-refractivity contribution in [3.05, 3.63) is 88.2 Å². The fourth-order valence-corrected chi connectivity index (χ4v) is 3.92. The molecule has 0 aliphatic rings. The fourth-order valence-electron chi connectivity index (χ4n) is 3.72. The van der Waals surface area contributed by atoms with E-state index in [1.54, 1.807) is 24.6 Å². The van der Waals surface area contributed by atoms with Gasteiger partial charge in [0, 0.05) is 36.5 Å². The first-order valence-electron chi connectivity index (χ1n) is 10.7. The van der Waals surface area contributed by atoms with Crippen LogP contribution in [0.25, 0.3) is 23.2 Å². The molecule has 172 valence electrons. The van der Waals surface area contributed by atoms with E-state index in [4.69, 9.17) is 16.7 Å². The molecule has 2 aromatic heterocycles. The Morgan fingerprint density at radius 1 is 1.18 bits per heavy atom. The molecule has 0 bridgehead atoms. The molecule has 34 heavy (non-hydrogen) atoms. The average molecular weight is 474 g/mol. The number of carbonyl (C=O) groups is 2. The van der Waals surface area contributed by atoms with Gasteiger partial charge in [-0.15, -0.1) is 0 Å². The van der Waals surface area contributed by atoms with Crippen LogP contribution in [0.2, 0.25) is 5.02 Å². The van der Waals surface area contributed by atoms with E-state index in [0.717, 1.165) is 5.56 Å². The Labute approximate surface area is 203 Å². The highest BCUT2D eigenvalue weighted by Gasteiger charge is 2.23. The Morgan fingerprint density at radius 2 is 1.91 bits per heavy atom. The van der Waals surface area contributed by atoms with E-state index in [0.29, 0.717) is 32.9 Å². The summed E-state index contributed by atoms with van der Waals surface area (Å²) < 4.78 is 1.80. The second-order valence-corrected chi connectivity index (χ2v) is 8.45. The van der Waals surface area contributed by atoms with Crippen molar-refractivity contribution in [1.29, 1.82) is 5.26 Å². The summed E-state index contributed by atoms with van der Waals surface area (Å²) in [4.78, 5) is 28.6. The van der Waals surface area contributed by atoms with Gasteiger partial charge in [-0.1, -0.05) is 61.0 Å². The number of rotatable bonds is 9. The lowest BCUT2D eigenvalue weighted by Gasteiger charge is -2.08. The topological polar surface area (TPSA) is 96.0 Å². The molecule has 1 atom stereocenters. The number of fused-ring (bicyclic) bond motifs is 1. The summed E-state index contributed by atoms with van der Waals surface area (Å²) >= 11 is 5.99. The number of aliphatic carboxylic acids is 1. The van der Waals surface area contributed by atoms with Gasteiger partial charge in [-0.3, -0.25) is 9.59 Å². The molecular formula is C27H24ClN3O3. The van der Waals surface area contributed by atoms with Crippen LogP contribution in [0.3, 0.4) is 0 Å². The van der Waals surface area contributed by atoms with Crippen molar-refractivity contribution >= 4 is 46.5 Å². The van der Waals surface area contributed by atoms with Crippen LogP contribution in [0.4, 0.5) is 0 Å². The smallest absolute Gasteiger partial charge is 0.303 e. The number of pyridine rings is 1. The number of hydrogen-bond donors (Lipinski definition) is 1. The highest BCUT2D eigenvalue weighted by Crippen LogP contribution is 2.28. The van der Waals surface area contributed by atoms with E-state index in [1.807, 2.05) is 60.7 Å². The molecule has 6 nitrogen and oxygen atoms in total. The Morgan fingerprint density at radius 3 is 2.59 bits per heavy atom.